The lowest BCUT2D eigenvalue weighted by Crippen LogP contribution is -2.50. The van der Waals surface area contributed by atoms with Gasteiger partial charge in [-0.3, -0.25) is 14.9 Å². The third kappa shape index (κ3) is 3.58. The molecule has 1 heterocycles. The first-order valence-electron chi connectivity index (χ1n) is 6.03. The second kappa shape index (κ2) is 6.19. The van der Waals surface area contributed by atoms with Crippen molar-refractivity contribution in [2.45, 2.75) is 39.7 Å². The topological polar surface area (TPSA) is 58.2 Å². The van der Waals surface area contributed by atoms with Gasteiger partial charge in [0.05, 0.1) is 0 Å². The third-order valence-electron chi connectivity index (χ3n) is 3.01. The summed E-state index contributed by atoms with van der Waals surface area (Å²) in [7, 11) is 0. The first-order valence-corrected chi connectivity index (χ1v) is 6.03. The van der Waals surface area contributed by atoms with Crippen molar-refractivity contribution >= 4 is 11.8 Å². The van der Waals surface area contributed by atoms with Gasteiger partial charge in [0.1, 0.15) is 6.04 Å². The monoisotopic (exact) mass is 248 g/mol. The summed E-state index contributed by atoms with van der Waals surface area (Å²) in [6, 6.07) is -0.358. The van der Waals surface area contributed by atoms with E-state index < -0.39 is 0 Å². The molecule has 0 spiro atoms. The Morgan fingerprint density at radius 2 is 2.06 bits per heavy atom. The maximum absolute atomic E-state index is 11.7. The smallest absolute Gasteiger partial charge is 0.249 e. The van der Waals surface area contributed by atoms with E-state index in [0.29, 0.717) is 12.8 Å². The number of carbonyl (C=O) groups excluding carboxylic acids is 2. The van der Waals surface area contributed by atoms with Gasteiger partial charge in [-0.1, -0.05) is 18.2 Å². The van der Waals surface area contributed by atoms with E-state index in [2.05, 4.69) is 17.2 Å². The number of allylic oxidation sites excluding steroid dienone is 4. The first kappa shape index (κ1) is 14.2. The highest BCUT2D eigenvalue weighted by molar-refractivity contribution is 6.00. The number of nitrogens with one attached hydrogen (secondary N) is 2. The van der Waals surface area contributed by atoms with Crippen molar-refractivity contribution in [3.8, 4) is 0 Å². The fraction of sp³-hybridized carbons (Fsp3) is 0.429. The second-order valence-electron chi connectivity index (χ2n) is 4.59. The Hall–Kier alpha value is -1.84. The van der Waals surface area contributed by atoms with E-state index in [1.807, 2.05) is 26.8 Å². The first-order chi connectivity index (χ1) is 8.45. The highest BCUT2D eigenvalue weighted by Crippen LogP contribution is 2.15. The molecule has 0 aromatic rings. The van der Waals surface area contributed by atoms with Crippen LogP contribution in [0.5, 0.6) is 0 Å². The van der Waals surface area contributed by atoms with Crippen molar-refractivity contribution in [2.75, 3.05) is 0 Å². The van der Waals surface area contributed by atoms with Gasteiger partial charge >= 0.3 is 0 Å². The molecule has 98 valence electrons. The Balaban J connectivity index is 2.83. The average molecular weight is 248 g/mol. The molecular weight excluding hydrogens is 228 g/mol. The number of piperidine rings is 1. The molecule has 0 aromatic heterocycles. The molecule has 1 aliphatic rings. The van der Waals surface area contributed by atoms with Crippen molar-refractivity contribution in [2.24, 2.45) is 0 Å². The van der Waals surface area contributed by atoms with Crippen LogP contribution in [-0.4, -0.2) is 17.9 Å². The molecule has 18 heavy (non-hydrogen) atoms. The van der Waals surface area contributed by atoms with Gasteiger partial charge in [0.2, 0.25) is 11.8 Å². The minimum atomic E-state index is -0.358. The minimum Gasteiger partial charge on any atom is -0.373 e. The van der Waals surface area contributed by atoms with Gasteiger partial charge in [-0.15, -0.1) is 0 Å². The molecule has 0 aliphatic carbocycles. The lowest BCUT2D eigenvalue weighted by atomic mass is 10.0. The Kier molecular flexibility index (Phi) is 4.89. The van der Waals surface area contributed by atoms with Gasteiger partial charge in [0.25, 0.3) is 0 Å². The molecule has 1 unspecified atom stereocenters. The molecule has 0 radical (unpaired) electrons. The predicted molar refractivity (Wildman–Crippen MR) is 71.6 cm³/mol. The van der Waals surface area contributed by atoms with E-state index in [-0.39, 0.29) is 17.9 Å². The molecule has 0 aromatic carbocycles. The molecule has 1 saturated heterocycles. The van der Waals surface area contributed by atoms with Gasteiger partial charge in [-0.25, -0.2) is 0 Å². The van der Waals surface area contributed by atoms with Crippen LogP contribution < -0.4 is 10.6 Å². The van der Waals surface area contributed by atoms with Gasteiger partial charge in [-0.05, 0) is 38.8 Å². The molecule has 1 fully saturated rings. The van der Waals surface area contributed by atoms with Crippen LogP contribution in [-0.2, 0) is 9.59 Å². The van der Waals surface area contributed by atoms with Crippen LogP contribution in [0.25, 0.3) is 0 Å². The highest BCUT2D eigenvalue weighted by atomic mass is 16.2. The maximum Gasteiger partial charge on any atom is 0.249 e. The summed E-state index contributed by atoms with van der Waals surface area (Å²) >= 11 is 0. The van der Waals surface area contributed by atoms with Crippen LogP contribution in [0.1, 0.15) is 33.6 Å². The zero-order chi connectivity index (χ0) is 13.7. The SMILES string of the molecule is C=C/C=C(/NC1CCC(=O)NC1=O)C(C)=C(C)C. The summed E-state index contributed by atoms with van der Waals surface area (Å²) in [4.78, 5) is 22.7. The van der Waals surface area contributed by atoms with Crippen LogP contribution in [0.15, 0.2) is 35.6 Å². The summed E-state index contributed by atoms with van der Waals surface area (Å²) in [6.45, 7) is 9.69. The molecule has 2 N–H and O–H groups in total. The van der Waals surface area contributed by atoms with Crippen LogP contribution in [0, 0.1) is 0 Å². The lowest BCUT2D eigenvalue weighted by Gasteiger charge is -2.25. The zero-order valence-corrected chi connectivity index (χ0v) is 11.2. The van der Waals surface area contributed by atoms with Crippen LogP contribution in [0.3, 0.4) is 0 Å². The van der Waals surface area contributed by atoms with E-state index >= 15 is 0 Å². The van der Waals surface area contributed by atoms with Crippen LogP contribution in [0.4, 0.5) is 0 Å². The number of carbonyl (C=O) groups is 2. The second-order valence-corrected chi connectivity index (χ2v) is 4.59. The lowest BCUT2D eigenvalue weighted by molar-refractivity contribution is -0.134. The Bertz CT molecular complexity index is 429. The molecule has 1 aliphatic heterocycles. The Labute approximate surface area is 108 Å². The van der Waals surface area contributed by atoms with Crippen LogP contribution >= 0.6 is 0 Å². The molecule has 0 bridgehead atoms. The predicted octanol–water partition coefficient (Wildman–Crippen LogP) is 1.81. The number of hydrogen-bond donors (Lipinski definition) is 2. The molecule has 4 nitrogen and oxygen atoms in total. The zero-order valence-electron chi connectivity index (χ0n) is 11.2. The van der Waals surface area contributed by atoms with Crippen molar-refractivity contribution in [1.82, 2.24) is 10.6 Å². The van der Waals surface area contributed by atoms with E-state index in [4.69, 9.17) is 0 Å². The van der Waals surface area contributed by atoms with E-state index in [1.54, 1.807) is 6.08 Å². The summed E-state index contributed by atoms with van der Waals surface area (Å²) in [5.74, 6) is -0.464. The molecular formula is C14H20N2O2. The van der Waals surface area contributed by atoms with E-state index in [0.717, 1.165) is 11.3 Å². The minimum absolute atomic E-state index is 0.203. The van der Waals surface area contributed by atoms with Crippen molar-refractivity contribution in [3.63, 3.8) is 0 Å². The number of amides is 2. The van der Waals surface area contributed by atoms with Gasteiger partial charge in [0, 0.05) is 12.1 Å². The summed E-state index contributed by atoms with van der Waals surface area (Å²) in [5.41, 5.74) is 3.13. The van der Waals surface area contributed by atoms with E-state index in [1.165, 1.54) is 5.57 Å². The molecule has 2 amide bonds. The Morgan fingerprint density at radius 1 is 1.39 bits per heavy atom. The standard InChI is InChI=1S/C14H20N2O2/c1-5-6-11(10(4)9(2)3)15-12-7-8-13(17)16-14(12)18/h5-6,12,15H,1,7-8H2,2-4H3,(H,16,17,18)/b11-6+. The fourth-order valence-electron chi connectivity index (χ4n) is 1.69. The quantitative estimate of drug-likeness (QED) is 0.589. The molecule has 4 heteroatoms. The average Bonchev–Trinajstić information content (AvgIpc) is 2.30. The summed E-state index contributed by atoms with van der Waals surface area (Å²) < 4.78 is 0. The Morgan fingerprint density at radius 3 is 2.56 bits per heavy atom. The summed E-state index contributed by atoms with van der Waals surface area (Å²) in [5, 5.41) is 5.51. The van der Waals surface area contributed by atoms with E-state index in [9.17, 15) is 9.59 Å². The maximum atomic E-state index is 11.7. The van der Waals surface area contributed by atoms with Gasteiger partial charge in [-0.2, -0.15) is 0 Å². The van der Waals surface area contributed by atoms with Crippen molar-refractivity contribution in [3.05, 3.63) is 35.6 Å². The van der Waals surface area contributed by atoms with Gasteiger partial charge < -0.3 is 5.32 Å². The number of hydrogen-bond acceptors (Lipinski definition) is 3. The van der Waals surface area contributed by atoms with Crippen LogP contribution in [0.2, 0.25) is 0 Å². The van der Waals surface area contributed by atoms with Gasteiger partial charge in [0.15, 0.2) is 0 Å². The van der Waals surface area contributed by atoms with Crippen molar-refractivity contribution in [1.29, 1.82) is 0 Å². The molecule has 1 atom stereocenters. The highest BCUT2D eigenvalue weighted by Gasteiger charge is 2.26. The third-order valence-corrected chi connectivity index (χ3v) is 3.01. The summed E-state index contributed by atoms with van der Waals surface area (Å²) in [6.07, 6.45) is 4.42. The fourth-order valence-corrected chi connectivity index (χ4v) is 1.69. The molecule has 1 rings (SSSR count). The normalized spacial score (nSPS) is 20.2. The molecule has 0 saturated carbocycles. The number of imide groups is 1. The van der Waals surface area contributed by atoms with Crippen molar-refractivity contribution < 1.29 is 9.59 Å². The largest absolute Gasteiger partial charge is 0.373 e. The number of rotatable bonds is 4.